The number of carbonyl (C=O) groups is 1. The summed E-state index contributed by atoms with van der Waals surface area (Å²) in [4.78, 5) is 16.0. The molecule has 3 rings (SSSR count). The highest BCUT2D eigenvalue weighted by Crippen LogP contribution is 2.19. The molecule has 92 valence electrons. The molecule has 0 amide bonds. The molecular formula is C16H12N2O. The van der Waals surface area contributed by atoms with Crippen molar-refractivity contribution in [2.75, 3.05) is 11.9 Å². The van der Waals surface area contributed by atoms with Crippen LogP contribution in [0.5, 0.6) is 0 Å². The molecule has 0 saturated carbocycles. The molecule has 0 radical (unpaired) electrons. The van der Waals surface area contributed by atoms with E-state index in [2.05, 4.69) is 22.1 Å². The van der Waals surface area contributed by atoms with Crippen LogP contribution in [0.4, 0.5) is 5.82 Å². The number of rotatable bonds is 0. The lowest BCUT2D eigenvalue weighted by atomic mass is 10.0. The summed E-state index contributed by atoms with van der Waals surface area (Å²) < 4.78 is 0. The van der Waals surface area contributed by atoms with Crippen molar-refractivity contribution in [3.63, 3.8) is 0 Å². The lowest BCUT2D eigenvalue weighted by Gasteiger charge is -2.15. The first-order valence-electron chi connectivity index (χ1n) is 6.17. The molecule has 3 heteroatoms. The first kappa shape index (κ1) is 11.5. The second kappa shape index (κ2) is 4.95. The number of nitrogens with zero attached hydrogens (tertiary/aromatic N) is 1. The Morgan fingerprint density at radius 2 is 1.89 bits per heavy atom. The standard InChI is InChI=1S/C16H12N2O/c19-15-8-9-17-16-14(15)10-13(11-18-16)7-6-12-4-2-1-3-5-12/h1-5,10-11H,8-9H2,(H,17,18). The summed E-state index contributed by atoms with van der Waals surface area (Å²) in [7, 11) is 0. The van der Waals surface area contributed by atoms with Crippen molar-refractivity contribution in [1.82, 2.24) is 4.98 Å². The van der Waals surface area contributed by atoms with Crippen LogP contribution in [-0.2, 0) is 0 Å². The van der Waals surface area contributed by atoms with Gasteiger partial charge in [0.15, 0.2) is 5.78 Å². The summed E-state index contributed by atoms with van der Waals surface area (Å²) in [5.41, 5.74) is 2.36. The normalized spacial score (nSPS) is 12.9. The van der Waals surface area contributed by atoms with Crippen LogP contribution < -0.4 is 5.32 Å². The van der Waals surface area contributed by atoms with Gasteiger partial charge in [-0.15, -0.1) is 0 Å². The number of aromatic nitrogens is 1. The third kappa shape index (κ3) is 2.48. The Balaban J connectivity index is 1.93. The van der Waals surface area contributed by atoms with Gasteiger partial charge in [0.2, 0.25) is 0 Å². The van der Waals surface area contributed by atoms with Crippen molar-refractivity contribution >= 4 is 11.6 Å². The van der Waals surface area contributed by atoms with Crippen LogP contribution >= 0.6 is 0 Å². The summed E-state index contributed by atoms with van der Waals surface area (Å²) in [6.45, 7) is 0.661. The molecule has 0 unspecified atom stereocenters. The molecule has 0 fully saturated rings. The molecule has 1 aromatic heterocycles. The SMILES string of the molecule is O=C1CCNc2ncc(C#Cc3ccccc3)cc21. The van der Waals surface area contributed by atoms with E-state index >= 15 is 0 Å². The van der Waals surface area contributed by atoms with Crippen molar-refractivity contribution in [1.29, 1.82) is 0 Å². The Morgan fingerprint density at radius 3 is 2.74 bits per heavy atom. The number of hydrogen-bond donors (Lipinski definition) is 1. The number of carbonyl (C=O) groups excluding carboxylic acids is 1. The van der Waals surface area contributed by atoms with Gasteiger partial charge in [-0.05, 0) is 18.2 Å². The number of fused-ring (bicyclic) bond motifs is 1. The molecule has 0 bridgehead atoms. The van der Waals surface area contributed by atoms with Gasteiger partial charge in [-0.2, -0.15) is 0 Å². The van der Waals surface area contributed by atoms with Crippen molar-refractivity contribution in [2.24, 2.45) is 0 Å². The molecular weight excluding hydrogens is 236 g/mol. The lowest BCUT2D eigenvalue weighted by Crippen LogP contribution is -2.19. The third-order valence-electron chi connectivity index (χ3n) is 2.96. The Kier molecular flexibility index (Phi) is 2.99. The van der Waals surface area contributed by atoms with Crippen molar-refractivity contribution in [3.05, 3.63) is 59.3 Å². The zero-order valence-corrected chi connectivity index (χ0v) is 10.3. The van der Waals surface area contributed by atoms with Gasteiger partial charge >= 0.3 is 0 Å². The molecule has 2 aromatic rings. The first-order valence-corrected chi connectivity index (χ1v) is 6.17. The summed E-state index contributed by atoms with van der Waals surface area (Å²) in [6.07, 6.45) is 2.21. The van der Waals surface area contributed by atoms with Crippen LogP contribution in [0.15, 0.2) is 42.6 Å². The minimum atomic E-state index is 0.129. The number of anilines is 1. The van der Waals surface area contributed by atoms with E-state index < -0.39 is 0 Å². The Morgan fingerprint density at radius 1 is 1.11 bits per heavy atom. The number of pyridine rings is 1. The first-order chi connectivity index (χ1) is 9.33. The highest BCUT2D eigenvalue weighted by molar-refractivity contribution is 6.02. The fourth-order valence-electron chi connectivity index (χ4n) is 1.98. The van der Waals surface area contributed by atoms with Gasteiger partial charge in [-0.25, -0.2) is 4.98 Å². The number of benzene rings is 1. The number of Topliss-reactive ketones (excluding diaryl/α,β-unsaturated/α-hetero) is 1. The van der Waals surface area contributed by atoms with E-state index in [1.54, 1.807) is 6.20 Å². The van der Waals surface area contributed by atoms with Crippen LogP contribution in [0.25, 0.3) is 0 Å². The maximum atomic E-state index is 11.8. The van der Waals surface area contributed by atoms with Gasteiger partial charge in [0.1, 0.15) is 5.82 Å². The monoisotopic (exact) mass is 248 g/mol. The molecule has 2 heterocycles. The molecule has 1 aliphatic heterocycles. The average Bonchev–Trinajstić information content (AvgIpc) is 2.47. The fourth-order valence-corrected chi connectivity index (χ4v) is 1.98. The molecule has 3 nitrogen and oxygen atoms in total. The molecule has 0 aliphatic carbocycles. The highest BCUT2D eigenvalue weighted by Gasteiger charge is 2.17. The van der Waals surface area contributed by atoms with E-state index in [4.69, 9.17) is 0 Å². The van der Waals surface area contributed by atoms with Crippen LogP contribution in [0, 0.1) is 11.8 Å². The zero-order chi connectivity index (χ0) is 13.1. The van der Waals surface area contributed by atoms with Crippen molar-refractivity contribution in [2.45, 2.75) is 6.42 Å². The van der Waals surface area contributed by atoms with Crippen LogP contribution in [0.3, 0.4) is 0 Å². The second-order valence-corrected chi connectivity index (χ2v) is 4.34. The fraction of sp³-hybridized carbons (Fsp3) is 0.125. The predicted molar refractivity (Wildman–Crippen MR) is 74.1 cm³/mol. The van der Waals surface area contributed by atoms with Crippen LogP contribution in [-0.4, -0.2) is 17.3 Å². The third-order valence-corrected chi connectivity index (χ3v) is 2.96. The molecule has 1 aliphatic rings. The maximum absolute atomic E-state index is 11.8. The Bertz CT molecular complexity index is 681. The molecule has 19 heavy (non-hydrogen) atoms. The molecule has 0 saturated heterocycles. The Hall–Kier alpha value is -2.60. The Labute approximate surface area is 111 Å². The minimum absolute atomic E-state index is 0.129. The van der Waals surface area contributed by atoms with Gasteiger partial charge in [-0.3, -0.25) is 4.79 Å². The maximum Gasteiger partial charge on any atom is 0.168 e. The summed E-state index contributed by atoms with van der Waals surface area (Å²) in [6, 6.07) is 11.6. The smallest absolute Gasteiger partial charge is 0.168 e. The zero-order valence-electron chi connectivity index (χ0n) is 10.3. The molecule has 1 N–H and O–H groups in total. The van der Waals surface area contributed by atoms with E-state index in [0.717, 1.165) is 11.1 Å². The van der Waals surface area contributed by atoms with Crippen molar-refractivity contribution in [3.8, 4) is 11.8 Å². The van der Waals surface area contributed by atoms with Gasteiger partial charge in [0, 0.05) is 30.3 Å². The quantitative estimate of drug-likeness (QED) is 0.728. The summed E-state index contributed by atoms with van der Waals surface area (Å²) >= 11 is 0. The average molecular weight is 248 g/mol. The molecule has 1 aromatic carbocycles. The van der Waals surface area contributed by atoms with E-state index in [1.807, 2.05) is 36.4 Å². The van der Waals surface area contributed by atoms with E-state index in [9.17, 15) is 4.79 Å². The molecule has 0 spiro atoms. The topological polar surface area (TPSA) is 42.0 Å². The van der Waals surface area contributed by atoms with Crippen LogP contribution in [0.1, 0.15) is 27.9 Å². The van der Waals surface area contributed by atoms with E-state index in [-0.39, 0.29) is 5.78 Å². The van der Waals surface area contributed by atoms with Gasteiger partial charge < -0.3 is 5.32 Å². The lowest BCUT2D eigenvalue weighted by molar-refractivity contribution is 0.0983. The minimum Gasteiger partial charge on any atom is -0.369 e. The van der Waals surface area contributed by atoms with E-state index in [1.165, 1.54) is 0 Å². The largest absolute Gasteiger partial charge is 0.369 e. The predicted octanol–water partition coefficient (Wildman–Crippen LogP) is 2.48. The van der Waals surface area contributed by atoms with Gasteiger partial charge in [0.25, 0.3) is 0 Å². The summed E-state index contributed by atoms with van der Waals surface area (Å²) in [5.74, 6) is 6.90. The van der Waals surface area contributed by atoms with Gasteiger partial charge in [0.05, 0.1) is 5.56 Å². The second-order valence-electron chi connectivity index (χ2n) is 4.34. The summed E-state index contributed by atoms with van der Waals surface area (Å²) in [5, 5.41) is 3.11. The number of hydrogen-bond acceptors (Lipinski definition) is 3. The van der Waals surface area contributed by atoms with E-state index in [0.29, 0.717) is 24.3 Å². The van der Waals surface area contributed by atoms with Crippen LogP contribution in [0.2, 0.25) is 0 Å². The highest BCUT2D eigenvalue weighted by atomic mass is 16.1. The van der Waals surface area contributed by atoms with Gasteiger partial charge in [-0.1, -0.05) is 30.0 Å². The number of nitrogens with one attached hydrogen (secondary N) is 1. The molecule has 0 atom stereocenters. The number of ketones is 1. The van der Waals surface area contributed by atoms with Crippen molar-refractivity contribution < 1.29 is 4.79 Å².